The number of allylic oxidation sites excluding steroid dienone is 2. The smallest absolute Gasteiger partial charge is 0.307 e. The molecule has 2 aliphatic carbocycles. The van der Waals surface area contributed by atoms with E-state index in [1.54, 1.807) is 0 Å². The first-order chi connectivity index (χ1) is 11.9. The van der Waals surface area contributed by atoms with Crippen LogP contribution in [0.2, 0.25) is 5.02 Å². The van der Waals surface area contributed by atoms with Crippen molar-refractivity contribution in [1.29, 1.82) is 0 Å². The first-order valence-electron chi connectivity index (χ1n) is 8.82. The van der Waals surface area contributed by atoms with Gasteiger partial charge in [0.1, 0.15) is 0 Å². The van der Waals surface area contributed by atoms with Crippen LogP contribution in [-0.4, -0.2) is 23.5 Å². The Morgan fingerprint density at radius 2 is 1.88 bits per heavy atom. The molecule has 2 aliphatic rings. The number of carboxylic acids is 1. The summed E-state index contributed by atoms with van der Waals surface area (Å²) in [5, 5.41) is 13.3. The zero-order chi connectivity index (χ0) is 18.1. The molecule has 4 atom stereocenters. The van der Waals surface area contributed by atoms with E-state index in [0.29, 0.717) is 18.0 Å². The molecule has 5 heteroatoms. The largest absolute Gasteiger partial charge is 0.481 e. The Bertz CT molecular complexity index is 723. The van der Waals surface area contributed by atoms with Crippen molar-refractivity contribution in [1.82, 2.24) is 5.32 Å². The van der Waals surface area contributed by atoms with Gasteiger partial charge in [-0.05, 0) is 62.6 Å². The summed E-state index contributed by atoms with van der Waals surface area (Å²) in [7, 11) is 0. The Balaban J connectivity index is 1.68. The number of aliphatic carboxylic acids is 1. The van der Waals surface area contributed by atoms with Gasteiger partial charge in [0.05, 0.1) is 11.8 Å². The number of hydrogen-bond donors (Lipinski definition) is 2. The van der Waals surface area contributed by atoms with Crippen LogP contribution >= 0.6 is 11.6 Å². The average Bonchev–Trinajstić information content (AvgIpc) is 3.10. The van der Waals surface area contributed by atoms with E-state index in [2.05, 4.69) is 5.32 Å². The molecule has 0 unspecified atom stereocenters. The number of hydrogen-bond acceptors (Lipinski definition) is 2. The van der Waals surface area contributed by atoms with Crippen LogP contribution < -0.4 is 5.32 Å². The molecule has 0 radical (unpaired) electrons. The number of fused-ring (bicyclic) bond motifs is 2. The zero-order valence-corrected chi connectivity index (χ0v) is 15.3. The lowest BCUT2D eigenvalue weighted by atomic mass is 9.78. The van der Waals surface area contributed by atoms with Gasteiger partial charge in [-0.25, -0.2) is 0 Å². The SMILES string of the molecule is CC(C)=C1[C@H]2CC[C@H]1[C@@H](C(=O)O)[C@H]2C(=O)NCCc1cccc(Cl)c1. The molecule has 0 spiro atoms. The molecule has 3 rings (SSSR count). The number of benzene rings is 1. The number of carboxylic acid groups (broad SMARTS) is 1. The summed E-state index contributed by atoms with van der Waals surface area (Å²) < 4.78 is 0. The first kappa shape index (κ1) is 18.0. The van der Waals surface area contributed by atoms with Crippen LogP contribution in [0.4, 0.5) is 0 Å². The highest BCUT2D eigenvalue weighted by molar-refractivity contribution is 6.30. The molecule has 2 N–H and O–H groups in total. The van der Waals surface area contributed by atoms with Crippen molar-refractivity contribution >= 4 is 23.5 Å². The molecule has 2 fully saturated rings. The third kappa shape index (κ3) is 3.45. The van der Waals surface area contributed by atoms with Gasteiger partial charge in [0, 0.05) is 11.6 Å². The maximum atomic E-state index is 12.8. The topological polar surface area (TPSA) is 66.4 Å². The normalized spacial score (nSPS) is 27.4. The average molecular weight is 362 g/mol. The van der Waals surface area contributed by atoms with Crippen LogP contribution in [0.1, 0.15) is 32.3 Å². The highest BCUT2D eigenvalue weighted by atomic mass is 35.5. The predicted octanol–water partition coefficient (Wildman–Crippen LogP) is 3.69. The van der Waals surface area contributed by atoms with Gasteiger partial charge in [0.2, 0.25) is 5.91 Å². The Labute approximate surface area is 153 Å². The molecule has 1 aromatic carbocycles. The predicted molar refractivity (Wildman–Crippen MR) is 97.4 cm³/mol. The van der Waals surface area contributed by atoms with Crippen molar-refractivity contribution in [2.75, 3.05) is 6.54 Å². The summed E-state index contributed by atoms with van der Waals surface area (Å²) in [6.07, 6.45) is 2.48. The second-order valence-electron chi connectivity index (χ2n) is 7.31. The minimum absolute atomic E-state index is 0.0242. The van der Waals surface area contributed by atoms with Crippen molar-refractivity contribution in [2.24, 2.45) is 23.7 Å². The van der Waals surface area contributed by atoms with Crippen LogP contribution in [0.25, 0.3) is 0 Å². The lowest BCUT2D eigenvalue weighted by Crippen LogP contribution is -2.41. The molecule has 0 heterocycles. The van der Waals surface area contributed by atoms with E-state index in [1.165, 1.54) is 11.1 Å². The lowest BCUT2D eigenvalue weighted by molar-refractivity contribution is -0.149. The van der Waals surface area contributed by atoms with Gasteiger partial charge in [-0.2, -0.15) is 0 Å². The van der Waals surface area contributed by atoms with Crippen LogP contribution in [-0.2, 0) is 16.0 Å². The molecule has 2 bridgehead atoms. The van der Waals surface area contributed by atoms with E-state index >= 15 is 0 Å². The van der Waals surface area contributed by atoms with Crippen LogP contribution in [0.3, 0.4) is 0 Å². The minimum Gasteiger partial charge on any atom is -0.481 e. The Hall–Kier alpha value is -1.81. The van der Waals surface area contributed by atoms with E-state index in [9.17, 15) is 14.7 Å². The summed E-state index contributed by atoms with van der Waals surface area (Å²) in [6, 6.07) is 7.55. The van der Waals surface area contributed by atoms with Gasteiger partial charge in [-0.15, -0.1) is 0 Å². The summed E-state index contributed by atoms with van der Waals surface area (Å²) in [4.78, 5) is 24.5. The van der Waals surface area contributed by atoms with Gasteiger partial charge in [-0.3, -0.25) is 9.59 Å². The number of rotatable bonds is 5. The molecule has 25 heavy (non-hydrogen) atoms. The molecule has 0 saturated heterocycles. The third-order valence-electron chi connectivity index (χ3n) is 5.61. The molecule has 1 aromatic rings. The maximum Gasteiger partial charge on any atom is 0.307 e. The van der Waals surface area contributed by atoms with E-state index in [4.69, 9.17) is 11.6 Å². The molecular formula is C20H24ClNO3. The third-order valence-corrected chi connectivity index (χ3v) is 5.84. The second-order valence-corrected chi connectivity index (χ2v) is 7.74. The Morgan fingerprint density at radius 3 is 2.48 bits per heavy atom. The monoisotopic (exact) mass is 361 g/mol. The number of carbonyl (C=O) groups excluding carboxylic acids is 1. The number of amides is 1. The summed E-state index contributed by atoms with van der Waals surface area (Å²) in [5.74, 6) is -1.89. The van der Waals surface area contributed by atoms with Gasteiger partial charge in [0.15, 0.2) is 0 Å². The highest BCUT2D eigenvalue weighted by Gasteiger charge is 2.57. The van der Waals surface area contributed by atoms with Crippen molar-refractivity contribution in [3.8, 4) is 0 Å². The minimum atomic E-state index is -0.846. The van der Waals surface area contributed by atoms with Crippen LogP contribution in [0.15, 0.2) is 35.4 Å². The number of nitrogens with one attached hydrogen (secondary N) is 1. The van der Waals surface area contributed by atoms with E-state index in [-0.39, 0.29) is 17.7 Å². The van der Waals surface area contributed by atoms with E-state index in [0.717, 1.165) is 18.4 Å². The van der Waals surface area contributed by atoms with E-state index < -0.39 is 17.8 Å². The summed E-state index contributed by atoms with van der Waals surface area (Å²) in [6.45, 7) is 4.54. The summed E-state index contributed by atoms with van der Waals surface area (Å²) >= 11 is 5.97. The molecular weight excluding hydrogens is 338 g/mol. The van der Waals surface area contributed by atoms with Gasteiger partial charge >= 0.3 is 5.97 Å². The second kappa shape index (κ2) is 7.20. The Morgan fingerprint density at radius 1 is 1.20 bits per heavy atom. The maximum absolute atomic E-state index is 12.8. The molecule has 0 aliphatic heterocycles. The van der Waals surface area contributed by atoms with Crippen LogP contribution in [0.5, 0.6) is 0 Å². The quantitative estimate of drug-likeness (QED) is 0.786. The fraction of sp³-hybridized carbons (Fsp3) is 0.500. The van der Waals surface area contributed by atoms with Crippen molar-refractivity contribution in [3.05, 3.63) is 46.0 Å². The van der Waals surface area contributed by atoms with Crippen molar-refractivity contribution in [2.45, 2.75) is 33.1 Å². The number of halogens is 1. The molecule has 4 nitrogen and oxygen atoms in total. The fourth-order valence-corrected chi connectivity index (χ4v) is 4.96. The van der Waals surface area contributed by atoms with Crippen molar-refractivity contribution < 1.29 is 14.7 Å². The summed E-state index contributed by atoms with van der Waals surface area (Å²) in [5.41, 5.74) is 3.44. The first-order valence-corrected chi connectivity index (χ1v) is 9.20. The van der Waals surface area contributed by atoms with E-state index in [1.807, 2.05) is 38.1 Å². The highest BCUT2D eigenvalue weighted by Crippen LogP contribution is 2.57. The fourth-order valence-electron chi connectivity index (χ4n) is 4.75. The van der Waals surface area contributed by atoms with Crippen molar-refractivity contribution in [3.63, 3.8) is 0 Å². The molecule has 1 amide bonds. The van der Waals surface area contributed by atoms with Gasteiger partial charge in [-0.1, -0.05) is 34.9 Å². The number of carbonyl (C=O) groups is 2. The zero-order valence-electron chi connectivity index (χ0n) is 14.6. The lowest BCUT2D eigenvalue weighted by Gasteiger charge is -2.26. The van der Waals surface area contributed by atoms with Gasteiger partial charge < -0.3 is 10.4 Å². The molecule has 2 saturated carbocycles. The van der Waals surface area contributed by atoms with Crippen LogP contribution in [0, 0.1) is 23.7 Å². The van der Waals surface area contributed by atoms with Gasteiger partial charge in [0.25, 0.3) is 0 Å². The molecule has 134 valence electrons. The standard InChI is InChI=1S/C20H24ClNO3/c1-11(2)16-14-6-7-15(16)18(20(24)25)17(14)19(23)22-9-8-12-4-3-5-13(21)10-12/h3-5,10,14-15,17-18H,6-9H2,1-2H3,(H,22,23)(H,24,25)/t14-,15-,17+,18-/m1/s1. The molecule has 0 aromatic heterocycles. The Kier molecular flexibility index (Phi) is 5.19.